The second kappa shape index (κ2) is 4.06. The number of nitrogens with one attached hydrogen (secondary N) is 1. The summed E-state index contributed by atoms with van der Waals surface area (Å²) in [6, 6.07) is 6.54. The number of benzene rings is 1. The minimum Gasteiger partial charge on any atom is -0.302 e. The Bertz CT molecular complexity index is 390. The van der Waals surface area contributed by atoms with Gasteiger partial charge in [-0.25, -0.2) is 8.42 Å². The molecular weight excluding hydrogens is 214 g/mol. The molecule has 0 saturated heterocycles. The molecule has 0 radical (unpaired) electrons. The van der Waals surface area contributed by atoms with Crippen LogP contribution in [0.4, 0.5) is 0 Å². The maximum atomic E-state index is 10.9. The van der Waals surface area contributed by atoms with Crippen LogP contribution in [0.2, 0.25) is 5.02 Å². The lowest BCUT2D eigenvalue weighted by Gasteiger charge is -2.02. The number of sulfonamides is 1. The molecule has 72 valence electrons. The average molecular weight is 222 g/mol. The molecule has 0 fully saturated rings. The molecule has 0 spiro atoms. The van der Waals surface area contributed by atoms with Crippen molar-refractivity contribution < 1.29 is 13.6 Å². The Morgan fingerprint density at radius 3 is 2.54 bits per heavy atom. The summed E-state index contributed by atoms with van der Waals surface area (Å²) in [6.07, 6.45) is 0. The highest BCUT2D eigenvalue weighted by atomic mass is 35.5. The van der Waals surface area contributed by atoms with Crippen LogP contribution in [0.1, 0.15) is 5.56 Å². The molecule has 0 aliphatic heterocycles. The fourth-order valence-electron chi connectivity index (χ4n) is 0.852. The maximum Gasteiger partial charge on any atom is 0.237 e. The quantitative estimate of drug-likeness (QED) is 0.753. The highest BCUT2D eigenvalue weighted by molar-refractivity contribution is 7.88. The Labute approximate surface area is 81.2 Å². The molecule has 0 aliphatic carbocycles. The van der Waals surface area contributed by atoms with Crippen LogP contribution >= 0.6 is 11.6 Å². The standard InChI is InChI=1S/C7H8ClNO3S/c8-7-4-2-1-3-6(7)5-13(11,12)9-10/h1-4,9-10H,5H2. The van der Waals surface area contributed by atoms with Crippen LogP contribution in [0.15, 0.2) is 24.3 Å². The molecule has 0 atom stereocenters. The highest BCUT2D eigenvalue weighted by Crippen LogP contribution is 2.16. The van der Waals surface area contributed by atoms with Crippen LogP contribution in [0, 0.1) is 0 Å². The second-order valence-electron chi connectivity index (χ2n) is 2.44. The fraction of sp³-hybridized carbons (Fsp3) is 0.143. The third-order valence-electron chi connectivity index (χ3n) is 1.44. The van der Waals surface area contributed by atoms with E-state index in [1.807, 2.05) is 0 Å². The number of rotatable bonds is 3. The molecule has 0 aliphatic rings. The van der Waals surface area contributed by atoms with E-state index in [9.17, 15) is 8.42 Å². The van der Waals surface area contributed by atoms with Crippen LogP contribution in [0.5, 0.6) is 0 Å². The number of hydrogen-bond donors (Lipinski definition) is 2. The van der Waals surface area contributed by atoms with Crippen LogP contribution in [-0.2, 0) is 15.8 Å². The van der Waals surface area contributed by atoms with E-state index in [0.717, 1.165) is 0 Å². The van der Waals surface area contributed by atoms with Gasteiger partial charge in [0.15, 0.2) is 0 Å². The minimum absolute atomic E-state index is 0.330. The molecular formula is C7H8ClNO3S. The molecule has 0 amide bonds. The normalized spacial score (nSPS) is 11.5. The third-order valence-corrected chi connectivity index (χ3v) is 2.78. The summed E-state index contributed by atoms with van der Waals surface area (Å²) in [4.78, 5) is 1.23. The first-order valence-corrected chi connectivity index (χ1v) is 5.45. The Morgan fingerprint density at radius 1 is 1.38 bits per heavy atom. The SMILES string of the molecule is O=S(=O)(Cc1ccccc1Cl)NO. The summed E-state index contributed by atoms with van der Waals surface area (Å²) in [5.74, 6) is -0.330. The van der Waals surface area contributed by atoms with E-state index in [1.165, 1.54) is 4.89 Å². The van der Waals surface area contributed by atoms with E-state index in [-0.39, 0.29) is 5.75 Å². The van der Waals surface area contributed by atoms with Crippen molar-refractivity contribution >= 4 is 21.6 Å². The minimum atomic E-state index is -3.67. The molecule has 0 aromatic heterocycles. The van der Waals surface area contributed by atoms with Crippen molar-refractivity contribution in [2.24, 2.45) is 0 Å². The van der Waals surface area contributed by atoms with Crippen molar-refractivity contribution in [1.82, 2.24) is 4.89 Å². The van der Waals surface area contributed by atoms with E-state index < -0.39 is 10.0 Å². The molecule has 0 unspecified atom stereocenters. The molecule has 4 nitrogen and oxygen atoms in total. The monoisotopic (exact) mass is 221 g/mol. The predicted molar refractivity (Wildman–Crippen MR) is 49.0 cm³/mol. The molecule has 6 heteroatoms. The van der Waals surface area contributed by atoms with E-state index >= 15 is 0 Å². The smallest absolute Gasteiger partial charge is 0.237 e. The molecule has 2 N–H and O–H groups in total. The van der Waals surface area contributed by atoms with E-state index in [4.69, 9.17) is 16.8 Å². The molecule has 1 aromatic carbocycles. The molecule has 1 rings (SSSR count). The first kappa shape index (κ1) is 10.5. The topological polar surface area (TPSA) is 66.4 Å². The van der Waals surface area contributed by atoms with Crippen LogP contribution < -0.4 is 4.89 Å². The Morgan fingerprint density at radius 2 is 2.00 bits per heavy atom. The van der Waals surface area contributed by atoms with Crippen LogP contribution in [-0.4, -0.2) is 13.6 Å². The number of halogens is 1. The van der Waals surface area contributed by atoms with Crippen LogP contribution in [0.25, 0.3) is 0 Å². The maximum absolute atomic E-state index is 10.9. The lowest BCUT2D eigenvalue weighted by molar-refractivity contribution is 0.242. The van der Waals surface area contributed by atoms with Gasteiger partial charge in [-0.1, -0.05) is 34.7 Å². The largest absolute Gasteiger partial charge is 0.302 e. The van der Waals surface area contributed by atoms with Crippen molar-refractivity contribution in [3.63, 3.8) is 0 Å². The van der Waals surface area contributed by atoms with Gasteiger partial charge in [-0.2, -0.15) is 0 Å². The molecule has 0 bridgehead atoms. The van der Waals surface area contributed by atoms with Crippen molar-refractivity contribution in [3.8, 4) is 0 Å². The summed E-state index contributed by atoms with van der Waals surface area (Å²) >= 11 is 5.71. The van der Waals surface area contributed by atoms with Gasteiger partial charge in [0.1, 0.15) is 0 Å². The van der Waals surface area contributed by atoms with Gasteiger partial charge < -0.3 is 5.21 Å². The van der Waals surface area contributed by atoms with Gasteiger partial charge >= 0.3 is 0 Å². The highest BCUT2D eigenvalue weighted by Gasteiger charge is 2.11. The zero-order valence-electron chi connectivity index (χ0n) is 6.57. The fourth-order valence-corrected chi connectivity index (χ4v) is 1.86. The average Bonchev–Trinajstić information content (AvgIpc) is 2.09. The summed E-state index contributed by atoms with van der Waals surface area (Å²) in [6.45, 7) is 0. The number of hydrogen-bond acceptors (Lipinski definition) is 3. The zero-order chi connectivity index (χ0) is 9.90. The first-order chi connectivity index (χ1) is 6.05. The third kappa shape index (κ3) is 2.96. The van der Waals surface area contributed by atoms with Gasteiger partial charge in [0.25, 0.3) is 0 Å². The van der Waals surface area contributed by atoms with E-state index in [0.29, 0.717) is 10.6 Å². The molecule has 1 aromatic rings. The van der Waals surface area contributed by atoms with E-state index in [2.05, 4.69) is 0 Å². The van der Waals surface area contributed by atoms with Crippen molar-refractivity contribution in [2.75, 3.05) is 0 Å². The van der Waals surface area contributed by atoms with Gasteiger partial charge in [0, 0.05) is 5.02 Å². The van der Waals surface area contributed by atoms with Crippen molar-refractivity contribution in [3.05, 3.63) is 34.9 Å². The lowest BCUT2D eigenvalue weighted by Crippen LogP contribution is -2.21. The Balaban J connectivity index is 2.93. The van der Waals surface area contributed by atoms with Gasteiger partial charge in [-0.05, 0) is 11.6 Å². The van der Waals surface area contributed by atoms with Crippen molar-refractivity contribution in [2.45, 2.75) is 5.75 Å². The predicted octanol–water partition coefficient (Wildman–Crippen LogP) is 1.15. The zero-order valence-corrected chi connectivity index (χ0v) is 8.14. The second-order valence-corrected chi connectivity index (χ2v) is 4.55. The Hall–Kier alpha value is -0.620. The van der Waals surface area contributed by atoms with Gasteiger partial charge in [-0.3, -0.25) is 0 Å². The summed E-state index contributed by atoms with van der Waals surface area (Å²) in [7, 11) is -3.67. The van der Waals surface area contributed by atoms with Crippen LogP contribution in [0.3, 0.4) is 0 Å². The molecule has 0 heterocycles. The Kier molecular flexibility index (Phi) is 3.27. The first-order valence-electron chi connectivity index (χ1n) is 3.42. The van der Waals surface area contributed by atoms with Crippen molar-refractivity contribution in [1.29, 1.82) is 0 Å². The van der Waals surface area contributed by atoms with Gasteiger partial charge in [0.05, 0.1) is 5.75 Å². The summed E-state index contributed by atoms with van der Waals surface area (Å²) in [5, 5.41) is 8.63. The lowest BCUT2D eigenvalue weighted by atomic mass is 10.2. The summed E-state index contributed by atoms with van der Waals surface area (Å²) < 4.78 is 21.8. The summed E-state index contributed by atoms with van der Waals surface area (Å²) in [5.41, 5.74) is 0.450. The van der Waals surface area contributed by atoms with Gasteiger partial charge in [0.2, 0.25) is 10.0 Å². The van der Waals surface area contributed by atoms with Gasteiger partial charge in [-0.15, -0.1) is 0 Å². The van der Waals surface area contributed by atoms with E-state index in [1.54, 1.807) is 24.3 Å². The molecule has 0 saturated carbocycles. The molecule has 13 heavy (non-hydrogen) atoms.